The van der Waals surface area contributed by atoms with Crippen LogP contribution in [0.5, 0.6) is 5.75 Å². The quantitative estimate of drug-likeness (QED) is 0.811. The highest BCUT2D eigenvalue weighted by molar-refractivity contribution is 7.80. The number of hydrogen-bond donors (Lipinski definition) is 2. The minimum atomic E-state index is 0.249. The number of nitrogens with one attached hydrogen (secondary N) is 2. The van der Waals surface area contributed by atoms with Crippen molar-refractivity contribution >= 4 is 23.0 Å². The molecule has 2 N–H and O–H groups in total. The second-order valence-electron chi connectivity index (χ2n) is 4.45. The molecule has 5 heteroatoms. The zero-order valence-corrected chi connectivity index (χ0v) is 12.0. The first-order chi connectivity index (χ1) is 9.28. The van der Waals surface area contributed by atoms with Crippen molar-refractivity contribution in [2.24, 2.45) is 0 Å². The van der Waals surface area contributed by atoms with Crippen molar-refractivity contribution in [3.8, 4) is 5.75 Å². The van der Waals surface area contributed by atoms with Crippen LogP contribution in [0.15, 0.2) is 24.3 Å². The van der Waals surface area contributed by atoms with Crippen LogP contribution < -0.4 is 15.4 Å². The van der Waals surface area contributed by atoms with Gasteiger partial charge in [0.2, 0.25) is 0 Å². The maximum atomic E-state index is 5.70. The first kappa shape index (κ1) is 14.1. The maximum Gasteiger partial charge on any atom is 0.170 e. The minimum Gasteiger partial charge on any atom is -0.491 e. The molecule has 0 bridgehead atoms. The summed E-state index contributed by atoms with van der Waals surface area (Å²) < 4.78 is 11.2. The smallest absolute Gasteiger partial charge is 0.170 e. The predicted octanol–water partition coefficient (Wildman–Crippen LogP) is 2.55. The molecule has 1 unspecified atom stereocenters. The summed E-state index contributed by atoms with van der Waals surface area (Å²) in [5.41, 5.74) is 0.954. The van der Waals surface area contributed by atoms with E-state index >= 15 is 0 Å². The predicted molar refractivity (Wildman–Crippen MR) is 80.8 cm³/mol. The Labute approximate surface area is 119 Å². The summed E-state index contributed by atoms with van der Waals surface area (Å²) in [6.45, 7) is 4.31. The molecule has 0 saturated carbocycles. The molecule has 0 amide bonds. The Morgan fingerprint density at radius 1 is 1.42 bits per heavy atom. The van der Waals surface area contributed by atoms with Gasteiger partial charge in [0.05, 0.1) is 6.10 Å². The molecule has 0 radical (unpaired) electrons. The van der Waals surface area contributed by atoms with Crippen molar-refractivity contribution < 1.29 is 9.47 Å². The Bertz CT molecular complexity index is 402. The Morgan fingerprint density at radius 3 is 2.84 bits per heavy atom. The molecule has 1 heterocycles. The standard InChI is InChI=1S/C14H20N2O2S/c1-2-15-14(19)16-11-5-7-12(8-6-11)18-10-13-4-3-9-17-13/h5-8,13H,2-4,9-10H2,1H3,(H2,15,16,19). The Hall–Kier alpha value is -1.33. The molecular weight excluding hydrogens is 260 g/mol. The van der Waals surface area contributed by atoms with Crippen LogP contribution >= 0.6 is 12.2 Å². The van der Waals surface area contributed by atoms with Crippen molar-refractivity contribution in [1.29, 1.82) is 0 Å². The van der Waals surface area contributed by atoms with Gasteiger partial charge in [-0.1, -0.05) is 0 Å². The second-order valence-corrected chi connectivity index (χ2v) is 4.86. The fraction of sp³-hybridized carbons (Fsp3) is 0.500. The molecule has 1 saturated heterocycles. The number of rotatable bonds is 5. The number of hydrogen-bond acceptors (Lipinski definition) is 3. The zero-order valence-electron chi connectivity index (χ0n) is 11.1. The lowest BCUT2D eigenvalue weighted by atomic mass is 10.2. The van der Waals surface area contributed by atoms with Crippen LogP contribution in [-0.2, 0) is 4.74 Å². The van der Waals surface area contributed by atoms with Crippen LogP contribution in [0.4, 0.5) is 5.69 Å². The van der Waals surface area contributed by atoms with Gasteiger partial charge in [-0.15, -0.1) is 0 Å². The third-order valence-corrected chi connectivity index (χ3v) is 3.16. The molecule has 19 heavy (non-hydrogen) atoms. The van der Waals surface area contributed by atoms with Gasteiger partial charge in [0.1, 0.15) is 12.4 Å². The molecule has 2 rings (SSSR count). The third kappa shape index (κ3) is 4.69. The highest BCUT2D eigenvalue weighted by Crippen LogP contribution is 2.18. The summed E-state index contributed by atoms with van der Waals surface area (Å²) in [5.74, 6) is 0.857. The van der Waals surface area contributed by atoms with E-state index in [0.717, 1.165) is 37.4 Å². The van der Waals surface area contributed by atoms with Crippen LogP contribution in [0.3, 0.4) is 0 Å². The average Bonchev–Trinajstić information content (AvgIpc) is 2.91. The van der Waals surface area contributed by atoms with Gasteiger partial charge in [-0.05, 0) is 56.2 Å². The van der Waals surface area contributed by atoms with Crippen LogP contribution in [-0.4, -0.2) is 31.0 Å². The van der Waals surface area contributed by atoms with Crippen LogP contribution in [0.1, 0.15) is 19.8 Å². The fourth-order valence-corrected chi connectivity index (χ4v) is 2.20. The summed E-state index contributed by atoms with van der Waals surface area (Å²) in [6.07, 6.45) is 2.48. The van der Waals surface area contributed by atoms with Gasteiger partial charge in [-0.2, -0.15) is 0 Å². The number of thiocarbonyl (C=S) groups is 1. The lowest BCUT2D eigenvalue weighted by Crippen LogP contribution is -2.27. The van der Waals surface area contributed by atoms with E-state index in [-0.39, 0.29) is 6.10 Å². The first-order valence-corrected chi connectivity index (χ1v) is 7.08. The lowest BCUT2D eigenvalue weighted by Gasteiger charge is -2.12. The van der Waals surface area contributed by atoms with Crippen molar-refractivity contribution in [3.05, 3.63) is 24.3 Å². The van der Waals surface area contributed by atoms with Crippen molar-refractivity contribution in [1.82, 2.24) is 5.32 Å². The van der Waals surface area contributed by atoms with Gasteiger partial charge in [-0.25, -0.2) is 0 Å². The molecule has 0 spiro atoms. The summed E-state index contributed by atoms with van der Waals surface area (Å²) in [4.78, 5) is 0. The van der Waals surface area contributed by atoms with Crippen LogP contribution in [0.2, 0.25) is 0 Å². The van der Waals surface area contributed by atoms with Gasteiger partial charge in [0.25, 0.3) is 0 Å². The van der Waals surface area contributed by atoms with E-state index in [9.17, 15) is 0 Å². The van der Waals surface area contributed by atoms with Gasteiger partial charge >= 0.3 is 0 Å². The summed E-state index contributed by atoms with van der Waals surface area (Å²) in [5, 5.41) is 6.79. The largest absolute Gasteiger partial charge is 0.491 e. The second kappa shape index (κ2) is 7.31. The molecule has 1 atom stereocenters. The number of anilines is 1. The van der Waals surface area contributed by atoms with Gasteiger partial charge in [-0.3, -0.25) is 0 Å². The molecule has 1 aliphatic rings. The Kier molecular flexibility index (Phi) is 5.42. The van der Waals surface area contributed by atoms with E-state index in [2.05, 4.69) is 10.6 Å². The Morgan fingerprint density at radius 2 is 2.21 bits per heavy atom. The molecular formula is C14H20N2O2S. The molecule has 1 aromatic carbocycles. The van der Waals surface area contributed by atoms with E-state index in [1.807, 2.05) is 31.2 Å². The summed E-state index contributed by atoms with van der Waals surface area (Å²) >= 11 is 5.12. The van der Waals surface area contributed by atoms with Gasteiger partial charge < -0.3 is 20.1 Å². The van der Waals surface area contributed by atoms with Gasteiger partial charge in [0, 0.05) is 18.8 Å². The maximum absolute atomic E-state index is 5.70. The van der Waals surface area contributed by atoms with Crippen LogP contribution in [0.25, 0.3) is 0 Å². The normalized spacial score (nSPS) is 18.1. The first-order valence-electron chi connectivity index (χ1n) is 6.67. The van der Waals surface area contributed by atoms with E-state index in [0.29, 0.717) is 11.7 Å². The summed E-state index contributed by atoms with van der Waals surface area (Å²) in [7, 11) is 0. The van der Waals surface area contributed by atoms with E-state index in [1.165, 1.54) is 0 Å². The zero-order chi connectivity index (χ0) is 13.5. The monoisotopic (exact) mass is 280 g/mol. The molecule has 1 aliphatic heterocycles. The number of ether oxygens (including phenoxy) is 2. The molecule has 1 aromatic rings. The topological polar surface area (TPSA) is 42.5 Å². The highest BCUT2D eigenvalue weighted by Gasteiger charge is 2.15. The van der Waals surface area contributed by atoms with Gasteiger partial charge in [0.15, 0.2) is 5.11 Å². The molecule has 1 fully saturated rings. The van der Waals surface area contributed by atoms with Crippen molar-refractivity contribution in [2.75, 3.05) is 25.1 Å². The number of benzene rings is 1. The van der Waals surface area contributed by atoms with Crippen molar-refractivity contribution in [2.45, 2.75) is 25.9 Å². The van der Waals surface area contributed by atoms with Crippen molar-refractivity contribution in [3.63, 3.8) is 0 Å². The molecule has 0 aromatic heterocycles. The van der Waals surface area contributed by atoms with E-state index in [4.69, 9.17) is 21.7 Å². The highest BCUT2D eigenvalue weighted by atomic mass is 32.1. The van der Waals surface area contributed by atoms with E-state index < -0.39 is 0 Å². The van der Waals surface area contributed by atoms with Crippen LogP contribution in [0, 0.1) is 0 Å². The molecule has 4 nitrogen and oxygen atoms in total. The average molecular weight is 280 g/mol. The SMILES string of the molecule is CCNC(=S)Nc1ccc(OCC2CCCO2)cc1. The minimum absolute atomic E-state index is 0.249. The third-order valence-electron chi connectivity index (χ3n) is 2.91. The Balaban J connectivity index is 1.78. The fourth-order valence-electron chi connectivity index (χ4n) is 1.94. The molecule has 0 aliphatic carbocycles. The van der Waals surface area contributed by atoms with E-state index in [1.54, 1.807) is 0 Å². The summed E-state index contributed by atoms with van der Waals surface area (Å²) in [6, 6.07) is 7.78. The molecule has 104 valence electrons. The lowest BCUT2D eigenvalue weighted by molar-refractivity contribution is 0.0679.